The van der Waals surface area contributed by atoms with Gasteiger partial charge in [0.25, 0.3) is 0 Å². The number of carbonyl (C=O) groups is 1. The van der Waals surface area contributed by atoms with Crippen LogP contribution >= 0.6 is 15.9 Å². The van der Waals surface area contributed by atoms with Crippen LogP contribution in [0.2, 0.25) is 0 Å². The lowest BCUT2D eigenvalue weighted by Gasteiger charge is -2.11. The number of halogens is 1. The highest BCUT2D eigenvalue weighted by Gasteiger charge is 2.28. The molecule has 1 aliphatic rings. The van der Waals surface area contributed by atoms with Crippen molar-refractivity contribution in [3.8, 4) is 0 Å². The van der Waals surface area contributed by atoms with Crippen molar-refractivity contribution in [2.45, 2.75) is 18.8 Å². The monoisotopic (exact) mass is 250 g/mol. The molecule has 0 N–H and O–H groups in total. The summed E-state index contributed by atoms with van der Waals surface area (Å²) in [6.45, 7) is 3.86. The third-order valence-electron chi connectivity index (χ3n) is 2.72. The second kappa shape index (κ2) is 3.70. The van der Waals surface area contributed by atoms with Crippen LogP contribution in [0.3, 0.4) is 0 Å². The molecule has 72 valence electrons. The highest BCUT2D eigenvalue weighted by atomic mass is 79.9. The fourth-order valence-electron chi connectivity index (χ4n) is 1.91. The zero-order valence-corrected chi connectivity index (χ0v) is 9.38. The fraction of sp³-hybridized carbons (Fsp3) is 0.250. The Morgan fingerprint density at radius 3 is 2.64 bits per heavy atom. The molecule has 1 fully saturated rings. The molecule has 0 aliphatic heterocycles. The van der Waals surface area contributed by atoms with E-state index in [4.69, 9.17) is 0 Å². The summed E-state index contributed by atoms with van der Waals surface area (Å²) >= 11 is 3.50. The number of hydrogen-bond donors (Lipinski definition) is 0. The molecular weight excluding hydrogens is 240 g/mol. The van der Waals surface area contributed by atoms with Crippen molar-refractivity contribution in [1.29, 1.82) is 0 Å². The predicted octanol–water partition coefficient (Wildman–Crippen LogP) is 3.45. The van der Waals surface area contributed by atoms with Crippen molar-refractivity contribution in [1.82, 2.24) is 0 Å². The summed E-state index contributed by atoms with van der Waals surface area (Å²) in [5.41, 5.74) is 1.94. The molecule has 0 amide bonds. The van der Waals surface area contributed by atoms with E-state index < -0.39 is 0 Å². The van der Waals surface area contributed by atoms with Gasteiger partial charge in [-0.05, 0) is 23.6 Å². The Labute approximate surface area is 92.0 Å². The number of Topliss-reactive ketones (excluding diaryl/α,β-unsaturated/α-hetero) is 1. The van der Waals surface area contributed by atoms with E-state index in [1.165, 1.54) is 5.56 Å². The van der Waals surface area contributed by atoms with E-state index in [2.05, 4.69) is 28.6 Å². The zero-order valence-electron chi connectivity index (χ0n) is 7.79. The summed E-state index contributed by atoms with van der Waals surface area (Å²) in [4.78, 5) is 11.4. The molecule has 1 aliphatic carbocycles. The molecule has 1 aromatic rings. The first-order chi connectivity index (χ1) is 6.70. The van der Waals surface area contributed by atoms with Crippen LogP contribution in [0.4, 0.5) is 0 Å². The molecule has 0 heterocycles. The molecule has 1 aromatic carbocycles. The van der Waals surface area contributed by atoms with Crippen LogP contribution in [0, 0.1) is 0 Å². The van der Waals surface area contributed by atoms with Crippen molar-refractivity contribution >= 4 is 21.7 Å². The molecule has 2 rings (SSSR count). The summed E-state index contributed by atoms with van der Waals surface area (Å²) in [5.74, 6) is 0.434. The van der Waals surface area contributed by atoms with Gasteiger partial charge in [-0.15, -0.1) is 0 Å². The Bertz CT molecular complexity index is 395. The smallest absolute Gasteiger partial charge is 0.158 e. The minimum absolute atomic E-state index is 0.214. The summed E-state index contributed by atoms with van der Waals surface area (Å²) in [6, 6.07) is 8.03. The van der Waals surface area contributed by atoms with E-state index in [9.17, 15) is 4.79 Å². The predicted molar refractivity (Wildman–Crippen MR) is 60.3 cm³/mol. The van der Waals surface area contributed by atoms with E-state index in [1.54, 1.807) is 0 Å². The van der Waals surface area contributed by atoms with Crippen LogP contribution in [-0.4, -0.2) is 5.78 Å². The standard InChI is InChI=1S/C12H11BrO/c1-8-9(6-7-12(8)14)10-4-2-3-5-11(10)13/h2-5,9H,1,6-7H2. The molecule has 0 radical (unpaired) electrons. The van der Waals surface area contributed by atoms with Crippen molar-refractivity contribution in [2.24, 2.45) is 0 Å². The molecule has 0 aromatic heterocycles. The maximum absolute atomic E-state index is 11.4. The molecule has 2 heteroatoms. The first kappa shape index (κ1) is 9.66. The van der Waals surface area contributed by atoms with Crippen LogP contribution < -0.4 is 0 Å². The van der Waals surface area contributed by atoms with Gasteiger partial charge in [-0.2, -0.15) is 0 Å². The van der Waals surface area contributed by atoms with Gasteiger partial charge in [-0.1, -0.05) is 40.7 Å². The number of rotatable bonds is 1. The average molecular weight is 251 g/mol. The number of hydrogen-bond acceptors (Lipinski definition) is 1. The maximum atomic E-state index is 11.4. The van der Waals surface area contributed by atoms with Gasteiger partial charge in [0.15, 0.2) is 5.78 Å². The lowest BCUT2D eigenvalue weighted by Crippen LogP contribution is -1.99. The Hall–Kier alpha value is -0.890. The average Bonchev–Trinajstić information content (AvgIpc) is 2.49. The maximum Gasteiger partial charge on any atom is 0.158 e. The lowest BCUT2D eigenvalue weighted by molar-refractivity contribution is -0.114. The number of benzene rings is 1. The summed E-state index contributed by atoms with van der Waals surface area (Å²) in [5, 5.41) is 0. The van der Waals surface area contributed by atoms with E-state index >= 15 is 0 Å². The molecule has 1 atom stereocenters. The van der Waals surface area contributed by atoms with Crippen molar-refractivity contribution in [3.63, 3.8) is 0 Å². The van der Waals surface area contributed by atoms with Gasteiger partial charge in [-0.3, -0.25) is 4.79 Å². The van der Waals surface area contributed by atoms with E-state index in [0.29, 0.717) is 6.42 Å². The Morgan fingerprint density at radius 2 is 2.07 bits per heavy atom. The van der Waals surface area contributed by atoms with Crippen LogP contribution in [0.25, 0.3) is 0 Å². The van der Waals surface area contributed by atoms with Gasteiger partial charge in [0.2, 0.25) is 0 Å². The van der Waals surface area contributed by atoms with Gasteiger partial charge in [0.1, 0.15) is 0 Å². The van der Waals surface area contributed by atoms with Crippen LogP contribution in [0.1, 0.15) is 24.3 Å². The summed E-state index contributed by atoms with van der Waals surface area (Å²) < 4.78 is 1.07. The van der Waals surface area contributed by atoms with Crippen molar-refractivity contribution in [2.75, 3.05) is 0 Å². The Balaban J connectivity index is 2.37. The van der Waals surface area contributed by atoms with E-state index in [1.807, 2.05) is 18.2 Å². The quantitative estimate of drug-likeness (QED) is 0.698. The summed E-state index contributed by atoms with van der Waals surface area (Å²) in [6.07, 6.45) is 1.55. The zero-order chi connectivity index (χ0) is 10.1. The molecule has 1 saturated carbocycles. The minimum Gasteiger partial charge on any atom is -0.295 e. The van der Waals surface area contributed by atoms with Gasteiger partial charge in [-0.25, -0.2) is 0 Å². The van der Waals surface area contributed by atoms with Crippen molar-refractivity contribution in [3.05, 3.63) is 46.5 Å². The SMILES string of the molecule is C=C1C(=O)CCC1c1ccccc1Br. The Kier molecular flexibility index (Phi) is 2.55. The minimum atomic E-state index is 0.214. The van der Waals surface area contributed by atoms with Gasteiger partial charge < -0.3 is 0 Å². The van der Waals surface area contributed by atoms with E-state index in [0.717, 1.165) is 16.5 Å². The molecule has 0 saturated heterocycles. The second-order valence-corrected chi connectivity index (χ2v) is 4.42. The van der Waals surface area contributed by atoms with Gasteiger partial charge in [0.05, 0.1) is 0 Å². The third-order valence-corrected chi connectivity index (χ3v) is 3.44. The largest absolute Gasteiger partial charge is 0.295 e. The lowest BCUT2D eigenvalue weighted by atomic mass is 9.95. The number of ketones is 1. The van der Waals surface area contributed by atoms with Crippen LogP contribution in [0.15, 0.2) is 40.9 Å². The van der Waals surface area contributed by atoms with Crippen LogP contribution in [0.5, 0.6) is 0 Å². The molecular formula is C12H11BrO. The van der Waals surface area contributed by atoms with Crippen molar-refractivity contribution < 1.29 is 4.79 Å². The van der Waals surface area contributed by atoms with Crippen LogP contribution in [-0.2, 0) is 4.79 Å². The van der Waals surface area contributed by atoms with Gasteiger partial charge >= 0.3 is 0 Å². The Morgan fingerprint density at radius 1 is 1.36 bits per heavy atom. The van der Waals surface area contributed by atoms with Gasteiger partial charge in [0, 0.05) is 16.8 Å². The normalized spacial score (nSPS) is 21.6. The first-order valence-electron chi connectivity index (χ1n) is 4.66. The molecule has 0 spiro atoms. The highest BCUT2D eigenvalue weighted by Crippen LogP contribution is 2.38. The second-order valence-electron chi connectivity index (χ2n) is 3.56. The topological polar surface area (TPSA) is 17.1 Å². The molecule has 1 nitrogen and oxygen atoms in total. The molecule has 14 heavy (non-hydrogen) atoms. The fourth-order valence-corrected chi connectivity index (χ4v) is 2.47. The number of allylic oxidation sites excluding steroid dienone is 1. The highest BCUT2D eigenvalue weighted by molar-refractivity contribution is 9.10. The molecule has 0 bridgehead atoms. The summed E-state index contributed by atoms with van der Waals surface area (Å²) in [7, 11) is 0. The first-order valence-corrected chi connectivity index (χ1v) is 5.46. The third kappa shape index (κ3) is 1.55. The van der Waals surface area contributed by atoms with E-state index in [-0.39, 0.29) is 11.7 Å². The number of carbonyl (C=O) groups excluding carboxylic acids is 1. The molecule has 1 unspecified atom stereocenters.